The van der Waals surface area contributed by atoms with Crippen molar-refractivity contribution >= 4 is 15.9 Å². The van der Waals surface area contributed by atoms with Crippen LogP contribution in [0.4, 0.5) is 0 Å². The van der Waals surface area contributed by atoms with Crippen LogP contribution in [0.5, 0.6) is 11.5 Å². The van der Waals surface area contributed by atoms with Gasteiger partial charge in [-0.15, -0.1) is 0 Å². The molecule has 3 rings (SSSR count). The molecule has 2 aromatic carbocycles. The highest BCUT2D eigenvalue weighted by Crippen LogP contribution is 2.31. The van der Waals surface area contributed by atoms with Crippen LogP contribution in [-0.4, -0.2) is 44.9 Å². The minimum atomic E-state index is -3.42. The first kappa shape index (κ1) is 26.0. The zero-order valence-corrected chi connectivity index (χ0v) is 21.4. The lowest BCUT2D eigenvalue weighted by Crippen LogP contribution is -2.43. The van der Waals surface area contributed by atoms with E-state index in [0.29, 0.717) is 50.6 Å². The Morgan fingerprint density at radius 2 is 1.71 bits per heavy atom. The van der Waals surface area contributed by atoms with E-state index in [4.69, 9.17) is 9.47 Å². The Labute approximate surface area is 203 Å². The molecule has 0 radical (unpaired) electrons. The number of nitrogens with one attached hydrogen (secondary N) is 1. The standard InChI is InChI=1S/C26H36N2O5S/c1-5-32-24-12-11-22(17-25(24)33-6-2)20(4)27-26(29)21-13-15-28(16-14-21)34(30,31)18-23-10-8-7-9-19(23)3/h7-12,17,20-21H,5-6,13-16,18H2,1-4H3,(H,27,29)/t20-/m1/s1. The average molecular weight is 489 g/mol. The van der Waals surface area contributed by atoms with Gasteiger partial charge in [0.25, 0.3) is 0 Å². The lowest BCUT2D eigenvalue weighted by Gasteiger charge is -2.31. The van der Waals surface area contributed by atoms with E-state index in [1.807, 2.05) is 70.2 Å². The lowest BCUT2D eigenvalue weighted by molar-refractivity contribution is -0.126. The first-order valence-electron chi connectivity index (χ1n) is 12.0. The third-order valence-electron chi connectivity index (χ3n) is 6.24. The van der Waals surface area contributed by atoms with Gasteiger partial charge >= 0.3 is 0 Å². The second kappa shape index (κ2) is 11.7. The van der Waals surface area contributed by atoms with E-state index >= 15 is 0 Å². The molecule has 8 heteroatoms. The van der Waals surface area contributed by atoms with Gasteiger partial charge in [0.2, 0.25) is 15.9 Å². The second-order valence-corrected chi connectivity index (χ2v) is 10.6. The van der Waals surface area contributed by atoms with Crippen molar-refractivity contribution in [2.45, 2.75) is 52.3 Å². The van der Waals surface area contributed by atoms with Crippen LogP contribution in [-0.2, 0) is 20.6 Å². The first-order valence-corrected chi connectivity index (χ1v) is 13.6. The van der Waals surface area contributed by atoms with Crippen molar-refractivity contribution < 1.29 is 22.7 Å². The molecule has 0 aliphatic carbocycles. The molecule has 1 amide bonds. The summed E-state index contributed by atoms with van der Waals surface area (Å²) in [7, 11) is -3.42. The van der Waals surface area contributed by atoms with Crippen LogP contribution in [0.25, 0.3) is 0 Å². The number of benzene rings is 2. The summed E-state index contributed by atoms with van der Waals surface area (Å²) >= 11 is 0. The molecule has 1 aliphatic rings. The molecule has 34 heavy (non-hydrogen) atoms. The Hall–Kier alpha value is -2.58. The van der Waals surface area contributed by atoms with Crippen molar-refractivity contribution in [2.24, 2.45) is 5.92 Å². The largest absolute Gasteiger partial charge is 0.490 e. The molecule has 186 valence electrons. The Balaban J connectivity index is 1.57. The van der Waals surface area contributed by atoms with E-state index in [9.17, 15) is 13.2 Å². The number of hydrogen-bond donors (Lipinski definition) is 1. The Bertz CT molecular complexity index is 1080. The number of carbonyl (C=O) groups excluding carboxylic acids is 1. The third-order valence-corrected chi connectivity index (χ3v) is 8.07. The Morgan fingerprint density at radius 3 is 2.35 bits per heavy atom. The maximum atomic E-state index is 12.9. The van der Waals surface area contributed by atoms with E-state index in [-0.39, 0.29) is 23.6 Å². The van der Waals surface area contributed by atoms with Gasteiger partial charge < -0.3 is 14.8 Å². The molecule has 7 nitrogen and oxygen atoms in total. The summed E-state index contributed by atoms with van der Waals surface area (Å²) in [5.41, 5.74) is 2.72. The van der Waals surface area contributed by atoms with E-state index in [2.05, 4.69) is 5.32 Å². The fourth-order valence-electron chi connectivity index (χ4n) is 4.21. The number of ether oxygens (including phenoxy) is 2. The van der Waals surface area contributed by atoms with Crippen LogP contribution in [0.1, 0.15) is 56.3 Å². The summed E-state index contributed by atoms with van der Waals surface area (Å²) in [6, 6.07) is 13.0. The van der Waals surface area contributed by atoms with E-state index in [1.165, 1.54) is 4.31 Å². The highest BCUT2D eigenvalue weighted by Gasteiger charge is 2.32. The van der Waals surface area contributed by atoms with Gasteiger partial charge in [-0.2, -0.15) is 0 Å². The molecule has 1 aliphatic heterocycles. The van der Waals surface area contributed by atoms with Crippen molar-refractivity contribution in [1.82, 2.24) is 9.62 Å². The SMILES string of the molecule is CCOc1ccc([C@@H](C)NC(=O)C2CCN(S(=O)(=O)Cc3ccccc3C)CC2)cc1OCC. The molecule has 2 aromatic rings. The number of aryl methyl sites for hydroxylation is 1. The van der Waals surface area contributed by atoms with Gasteiger partial charge in [-0.3, -0.25) is 4.79 Å². The summed E-state index contributed by atoms with van der Waals surface area (Å²) in [5, 5.41) is 3.08. The number of sulfonamides is 1. The van der Waals surface area contributed by atoms with Crippen molar-refractivity contribution in [3.05, 3.63) is 59.2 Å². The van der Waals surface area contributed by atoms with E-state index in [0.717, 1.165) is 16.7 Å². The maximum absolute atomic E-state index is 12.9. The van der Waals surface area contributed by atoms with Crippen molar-refractivity contribution in [3.63, 3.8) is 0 Å². The minimum Gasteiger partial charge on any atom is -0.490 e. The monoisotopic (exact) mass is 488 g/mol. The van der Waals surface area contributed by atoms with Gasteiger partial charge in [-0.05, 0) is 69.4 Å². The average Bonchev–Trinajstić information content (AvgIpc) is 2.82. The minimum absolute atomic E-state index is 0.00647. The third kappa shape index (κ3) is 6.51. The smallest absolute Gasteiger partial charge is 0.223 e. The predicted octanol–water partition coefficient (Wildman–Crippen LogP) is 4.21. The zero-order chi connectivity index (χ0) is 24.7. The summed E-state index contributed by atoms with van der Waals surface area (Å²) in [4.78, 5) is 12.9. The normalized spacial score (nSPS) is 16.1. The van der Waals surface area contributed by atoms with Crippen LogP contribution in [0.3, 0.4) is 0 Å². The fraction of sp³-hybridized carbons (Fsp3) is 0.500. The Kier molecular flexibility index (Phi) is 8.97. The lowest BCUT2D eigenvalue weighted by atomic mass is 9.96. The summed E-state index contributed by atoms with van der Waals surface area (Å²) in [6.45, 7) is 9.49. The molecule has 1 heterocycles. The fourth-order valence-corrected chi connectivity index (χ4v) is 5.87. The molecule has 0 saturated carbocycles. The topological polar surface area (TPSA) is 84.9 Å². The molecular weight excluding hydrogens is 452 g/mol. The summed E-state index contributed by atoms with van der Waals surface area (Å²) < 4.78 is 38.7. The number of nitrogens with zero attached hydrogens (tertiary/aromatic N) is 1. The number of hydrogen-bond acceptors (Lipinski definition) is 5. The number of piperidine rings is 1. The van der Waals surface area contributed by atoms with Gasteiger partial charge in [0, 0.05) is 19.0 Å². The van der Waals surface area contributed by atoms with Gasteiger partial charge in [0.1, 0.15) is 0 Å². The van der Waals surface area contributed by atoms with Gasteiger partial charge in [-0.25, -0.2) is 12.7 Å². The molecular formula is C26H36N2O5S. The molecule has 0 unspecified atom stereocenters. The van der Waals surface area contributed by atoms with Crippen LogP contribution in [0.2, 0.25) is 0 Å². The Morgan fingerprint density at radius 1 is 1.06 bits per heavy atom. The highest BCUT2D eigenvalue weighted by atomic mass is 32.2. The quantitative estimate of drug-likeness (QED) is 0.542. The van der Waals surface area contributed by atoms with Gasteiger partial charge in [0.15, 0.2) is 11.5 Å². The zero-order valence-electron chi connectivity index (χ0n) is 20.5. The maximum Gasteiger partial charge on any atom is 0.223 e. The number of amides is 1. The van der Waals surface area contributed by atoms with Crippen LogP contribution in [0.15, 0.2) is 42.5 Å². The molecule has 1 saturated heterocycles. The number of carbonyl (C=O) groups is 1. The predicted molar refractivity (Wildman–Crippen MR) is 133 cm³/mol. The van der Waals surface area contributed by atoms with Gasteiger partial charge in [-0.1, -0.05) is 30.3 Å². The molecule has 1 fully saturated rings. The first-order chi connectivity index (χ1) is 16.2. The summed E-state index contributed by atoms with van der Waals surface area (Å²) in [6.07, 6.45) is 1.03. The van der Waals surface area contributed by atoms with Crippen LogP contribution in [0, 0.1) is 12.8 Å². The number of rotatable bonds is 10. The van der Waals surface area contributed by atoms with Crippen LogP contribution >= 0.6 is 0 Å². The van der Waals surface area contributed by atoms with Gasteiger partial charge in [0.05, 0.1) is 25.0 Å². The van der Waals surface area contributed by atoms with Crippen molar-refractivity contribution in [2.75, 3.05) is 26.3 Å². The highest BCUT2D eigenvalue weighted by molar-refractivity contribution is 7.88. The van der Waals surface area contributed by atoms with E-state index < -0.39 is 10.0 Å². The van der Waals surface area contributed by atoms with E-state index in [1.54, 1.807) is 0 Å². The molecule has 0 aromatic heterocycles. The summed E-state index contributed by atoms with van der Waals surface area (Å²) in [5.74, 6) is 1.09. The van der Waals surface area contributed by atoms with Crippen LogP contribution < -0.4 is 14.8 Å². The molecule has 0 bridgehead atoms. The second-order valence-electron chi connectivity index (χ2n) is 8.66. The molecule has 0 spiro atoms. The van der Waals surface area contributed by atoms with Crippen molar-refractivity contribution in [1.29, 1.82) is 0 Å². The van der Waals surface area contributed by atoms with Crippen molar-refractivity contribution in [3.8, 4) is 11.5 Å². The molecule has 1 atom stereocenters. The molecule has 1 N–H and O–H groups in total.